The molecule has 0 unspecified atom stereocenters. The van der Waals surface area contributed by atoms with E-state index in [0.29, 0.717) is 0 Å². The zero-order valence-corrected chi connectivity index (χ0v) is 7.18. The van der Waals surface area contributed by atoms with E-state index in [1.165, 1.54) is 0 Å². The number of hydrogen-bond donors (Lipinski definition) is 2. The zero-order valence-electron chi connectivity index (χ0n) is 7.18. The largest absolute Gasteiger partial charge is 0.478 e. The first-order chi connectivity index (χ1) is 6.20. The van der Waals surface area contributed by atoms with Crippen LogP contribution in [0.5, 0.6) is 0 Å². The monoisotopic (exact) mass is 180 g/mol. The van der Waals surface area contributed by atoms with Crippen LogP contribution in [0.3, 0.4) is 0 Å². The number of benzene rings is 1. The summed E-state index contributed by atoms with van der Waals surface area (Å²) >= 11 is 0. The molecule has 0 atom stereocenters. The SMILES string of the molecule is C=CC(=O)O.OCc1ccccc1. The van der Waals surface area contributed by atoms with Gasteiger partial charge in [-0.3, -0.25) is 0 Å². The zero-order chi connectivity index (χ0) is 10.1. The molecule has 0 fully saturated rings. The molecule has 0 aliphatic rings. The minimum atomic E-state index is -0.981. The van der Waals surface area contributed by atoms with Gasteiger partial charge in [0.25, 0.3) is 0 Å². The van der Waals surface area contributed by atoms with Crippen molar-refractivity contribution < 1.29 is 15.0 Å². The van der Waals surface area contributed by atoms with Crippen LogP contribution in [-0.2, 0) is 11.4 Å². The molecule has 0 saturated heterocycles. The summed E-state index contributed by atoms with van der Waals surface area (Å²) in [7, 11) is 0. The van der Waals surface area contributed by atoms with Crippen molar-refractivity contribution in [3.63, 3.8) is 0 Å². The maximum atomic E-state index is 9.25. The van der Waals surface area contributed by atoms with Gasteiger partial charge >= 0.3 is 5.97 Å². The fourth-order valence-corrected chi connectivity index (χ4v) is 0.583. The number of aliphatic hydroxyl groups is 1. The first-order valence-electron chi connectivity index (χ1n) is 3.71. The number of carboxylic acid groups (broad SMARTS) is 1. The van der Waals surface area contributed by atoms with E-state index in [2.05, 4.69) is 6.58 Å². The van der Waals surface area contributed by atoms with Crippen LogP contribution in [0.2, 0.25) is 0 Å². The second kappa shape index (κ2) is 7.06. The van der Waals surface area contributed by atoms with Crippen molar-refractivity contribution in [3.8, 4) is 0 Å². The molecule has 1 aromatic rings. The van der Waals surface area contributed by atoms with Gasteiger partial charge in [-0.15, -0.1) is 0 Å². The standard InChI is InChI=1S/C7H8O.C3H4O2/c8-6-7-4-2-1-3-5-7;1-2-3(4)5/h1-5,8H,6H2;2H,1H2,(H,4,5). The van der Waals surface area contributed by atoms with Crippen LogP contribution in [0, 0.1) is 0 Å². The smallest absolute Gasteiger partial charge is 0.327 e. The Kier molecular flexibility index (Phi) is 6.19. The highest BCUT2D eigenvalue weighted by Gasteiger charge is 1.81. The lowest BCUT2D eigenvalue weighted by Crippen LogP contribution is -1.82. The third-order valence-electron chi connectivity index (χ3n) is 1.20. The summed E-state index contributed by atoms with van der Waals surface area (Å²) in [5, 5.41) is 16.1. The van der Waals surface area contributed by atoms with E-state index in [9.17, 15) is 4.79 Å². The van der Waals surface area contributed by atoms with E-state index in [4.69, 9.17) is 10.2 Å². The van der Waals surface area contributed by atoms with Crippen LogP contribution >= 0.6 is 0 Å². The van der Waals surface area contributed by atoms with E-state index in [-0.39, 0.29) is 6.61 Å². The molecular formula is C10H12O3. The van der Waals surface area contributed by atoms with Crippen LogP contribution in [0.25, 0.3) is 0 Å². The predicted molar refractivity (Wildman–Crippen MR) is 50.2 cm³/mol. The number of aliphatic hydroxyl groups excluding tert-OH is 1. The van der Waals surface area contributed by atoms with Gasteiger partial charge in [-0.25, -0.2) is 4.79 Å². The van der Waals surface area contributed by atoms with Crippen molar-refractivity contribution in [3.05, 3.63) is 48.6 Å². The molecule has 2 N–H and O–H groups in total. The average molecular weight is 180 g/mol. The summed E-state index contributed by atoms with van der Waals surface area (Å²) in [4.78, 5) is 9.25. The Labute approximate surface area is 77.0 Å². The van der Waals surface area contributed by atoms with Crippen LogP contribution < -0.4 is 0 Å². The van der Waals surface area contributed by atoms with Crippen molar-refractivity contribution in [2.45, 2.75) is 6.61 Å². The fraction of sp³-hybridized carbons (Fsp3) is 0.100. The molecule has 0 amide bonds. The molecule has 0 aliphatic heterocycles. The molecule has 0 spiro atoms. The van der Waals surface area contributed by atoms with Crippen molar-refractivity contribution in [2.75, 3.05) is 0 Å². The van der Waals surface area contributed by atoms with Gasteiger partial charge in [-0.1, -0.05) is 36.9 Å². The Morgan fingerprint density at radius 3 is 2.08 bits per heavy atom. The van der Waals surface area contributed by atoms with Crippen molar-refractivity contribution in [1.29, 1.82) is 0 Å². The Morgan fingerprint density at radius 2 is 1.85 bits per heavy atom. The average Bonchev–Trinajstić information content (AvgIpc) is 2.20. The molecule has 3 heteroatoms. The quantitative estimate of drug-likeness (QED) is 0.677. The minimum Gasteiger partial charge on any atom is -0.478 e. The molecule has 0 aromatic heterocycles. The van der Waals surface area contributed by atoms with Gasteiger partial charge in [0.05, 0.1) is 6.61 Å². The van der Waals surface area contributed by atoms with Crippen molar-refractivity contribution in [1.82, 2.24) is 0 Å². The van der Waals surface area contributed by atoms with Gasteiger partial charge in [0.1, 0.15) is 0 Å². The van der Waals surface area contributed by atoms with Crippen LogP contribution in [-0.4, -0.2) is 16.2 Å². The Hall–Kier alpha value is -1.61. The highest BCUT2D eigenvalue weighted by Crippen LogP contribution is 1.95. The molecule has 0 heterocycles. The molecule has 0 saturated carbocycles. The fourth-order valence-electron chi connectivity index (χ4n) is 0.583. The van der Waals surface area contributed by atoms with Gasteiger partial charge in [0, 0.05) is 6.08 Å². The molecule has 0 bridgehead atoms. The van der Waals surface area contributed by atoms with Gasteiger partial charge in [-0.05, 0) is 5.56 Å². The lowest BCUT2D eigenvalue weighted by atomic mass is 10.2. The lowest BCUT2D eigenvalue weighted by molar-refractivity contribution is -0.131. The summed E-state index contributed by atoms with van der Waals surface area (Å²) < 4.78 is 0. The normalized spacial score (nSPS) is 8.08. The molecule has 0 aliphatic carbocycles. The summed E-state index contributed by atoms with van der Waals surface area (Å²) in [6, 6.07) is 9.52. The van der Waals surface area contributed by atoms with Gasteiger partial charge in [-0.2, -0.15) is 0 Å². The lowest BCUT2D eigenvalue weighted by Gasteiger charge is -1.89. The number of hydrogen-bond acceptors (Lipinski definition) is 2. The highest BCUT2D eigenvalue weighted by atomic mass is 16.4. The van der Waals surface area contributed by atoms with Crippen LogP contribution in [0.15, 0.2) is 43.0 Å². The Balaban J connectivity index is 0.000000252. The maximum absolute atomic E-state index is 9.25. The molecule has 1 aromatic carbocycles. The molecule has 0 radical (unpaired) electrons. The molecule has 13 heavy (non-hydrogen) atoms. The van der Waals surface area contributed by atoms with Crippen LogP contribution in [0.1, 0.15) is 5.56 Å². The minimum absolute atomic E-state index is 0.140. The highest BCUT2D eigenvalue weighted by molar-refractivity contribution is 5.78. The first-order valence-corrected chi connectivity index (χ1v) is 3.71. The number of carbonyl (C=O) groups is 1. The third-order valence-corrected chi connectivity index (χ3v) is 1.20. The van der Waals surface area contributed by atoms with Gasteiger partial charge < -0.3 is 10.2 Å². The Bertz CT molecular complexity index is 254. The number of aliphatic carboxylic acids is 1. The molecule has 1 rings (SSSR count). The predicted octanol–water partition coefficient (Wildman–Crippen LogP) is 1.44. The number of rotatable bonds is 2. The summed E-state index contributed by atoms with van der Waals surface area (Å²) in [6.45, 7) is 3.10. The van der Waals surface area contributed by atoms with E-state index < -0.39 is 5.97 Å². The summed E-state index contributed by atoms with van der Waals surface area (Å²) in [5.74, 6) is -0.981. The van der Waals surface area contributed by atoms with E-state index in [1.807, 2.05) is 30.3 Å². The third kappa shape index (κ3) is 6.77. The second-order valence-electron chi connectivity index (χ2n) is 2.19. The van der Waals surface area contributed by atoms with E-state index in [1.54, 1.807) is 0 Å². The van der Waals surface area contributed by atoms with Gasteiger partial charge in [0.15, 0.2) is 0 Å². The van der Waals surface area contributed by atoms with Gasteiger partial charge in [0.2, 0.25) is 0 Å². The first kappa shape index (κ1) is 11.4. The summed E-state index contributed by atoms with van der Waals surface area (Å²) in [5.41, 5.74) is 0.965. The summed E-state index contributed by atoms with van der Waals surface area (Å²) in [6.07, 6.45) is 0.833. The topological polar surface area (TPSA) is 57.5 Å². The van der Waals surface area contributed by atoms with Crippen molar-refractivity contribution >= 4 is 5.97 Å². The van der Waals surface area contributed by atoms with E-state index in [0.717, 1.165) is 11.6 Å². The molecular weight excluding hydrogens is 168 g/mol. The molecule has 3 nitrogen and oxygen atoms in total. The maximum Gasteiger partial charge on any atom is 0.327 e. The second-order valence-corrected chi connectivity index (χ2v) is 2.19. The number of carboxylic acids is 1. The molecule has 70 valence electrons. The van der Waals surface area contributed by atoms with Crippen LogP contribution in [0.4, 0.5) is 0 Å². The van der Waals surface area contributed by atoms with Crippen molar-refractivity contribution in [2.24, 2.45) is 0 Å². The Morgan fingerprint density at radius 1 is 1.38 bits per heavy atom. The van der Waals surface area contributed by atoms with E-state index >= 15 is 0 Å².